The highest BCUT2D eigenvalue weighted by atomic mass is 35.5. The number of nitrogens with two attached hydrogens (primary N) is 1. The first-order valence-electron chi connectivity index (χ1n) is 5.85. The molecule has 0 spiro atoms. The molecule has 2 N–H and O–H groups in total. The zero-order chi connectivity index (χ0) is 15.0. The van der Waals surface area contributed by atoms with Gasteiger partial charge in [-0.05, 0) is 46.8 Å². The maximum absolute atomic E-state index is 14.0. The Morgan fingerprint density at radius 2 is 1.86 bits per heavy atom. The summed E-state index contributed by atoms with van der Waals surface area (Å²) in [5.74, 6) is -0.885. The van der Waals surface area contributed by atoms with Crippen molar-refractivity contribution in [3.05, 3.63) is 53.1 Å². The molecule has 1 heterocycles. The van der Waals surface area contributed by atoms with Crippen molar-refractivity contribution in [2.24, 2.45) is 0 Å². The molecule has 1 aromatic heterocycles. The van der Waals surface area contributed by atoms with Crippen LogP contribution in [0.15, 0.2) is 36.4 Å². The molecule has 0 saturated heterocycles. The van der Waals surface area contributed by atoms with Gasteiger partial charge in [-0.1, -0.05) is 11.6 Å². The quantitative estimate of drug-likeness (QED) is 0.739. The summed E-state index contributed by atoms with van der Waals surface area (Å²) in [7, 11) is 0. The first kappa shape index (κ1) is 13.4. The van der Waals surface area contributed by atoms with Gasteiger partial charge in [-0.25, -0.2) is 8.78 Å². The molecule has 0 aliphatic heterocycles. The van der Waals surface area contributed by atoms with E-state index >= 15 is 0 Å². The van der Waals surface area contributed by atoms with Crippen LogP contribution in [-0.4, -0.2) is 20.2 Å². The Bertz CT molecular complexity index is 818. The number of aromatic nitrogens is 4. The molecule has 8 heteroatoms. The van der Waals surface area contributed by atoms with Crippen LogP contribution in [0.25, 0.3) is 17.1 Å². The number of benzene rings is 2. The second-order valence-corrected chi connectivity index (χ2v) is 4.68. The third kappa shape index (κ3) is 2.43. The monoisotopic (exact) mass is 307 g/mol. The fourth-order valence-electron chi connectivity index (χ4n) is 1.87. The Morgan fingerprint density at radius 3 is 2.57 bits per heavy atom. The van der Waals surface area contributed by atoms with Gasteiger partial charge in [0.2, 0.25) is 0 Å². The van der Waals surface area contributed by atoms with Crippen LogP contribution < -0.4 is 5.73 Å². The summed E-state index contributed by atoms with van der Waals surface area (Å²) < 4.78 is 28.4. The molecule has 0 radical (unpaired) electrons. The summed E-state index contributed by atoms with van der Waals surface area (Å²) in [5, 5.41) is 11.3. The minimum Gasteiger partial charge on any atom is -0.396 e. The largest absolute Gasteiger partial charge is 0.396 e. The van der Waals surface area contributed by atoms with Crippen molar-refractivity contribution in [3.63, 3.8) is 0 Å². The molecule has 3 rings (SSSR count). The van der Waals surface area contributed by atoms with Crippen LogP contribution >= 0.6 is 11.6 Å². The standard InChI is InChI=1S/C13H8ClF2N5/c14-8-2-4-12(10(16)6-8)21-13(18-19-20-21)7-1-3-9(15)11(17)5-7/h1-6H,17H2. The molecule has 0 amide bonds. The summed E-state index contributed by atoms with van der Waals surface area (Å²) in [6, 6.07) is 8.16. The van der Waals surface area contributed by atoms with Gasteiger partial charge in [-0.2, -0.15) is 4.68 Å². The van der Waals surface area contributed by atoms with Gasteiger partial charge < -0.3 is 5.73 Å². The van der Waals surface area contributed by atoms with E-state index in [0.29, 0.717) is 5.56 Å². The second-order valence-electron chi connectivity index (χ2n) is 4.25. The van der Waals surface area contributed by atoms with E-state index < -0.39 is 11.6 Å². The van der Waals surface area contributed by atoms with Crippen LogP contribution in [0, 0.1) is 11.6 Å². The summed E-state index contributed by atoms with van der Waals surface area (Å²) in [4.78, 5) is 0. The molecule has 0 saturated carbocycles. The lowest BCUT2D eigenvalue weighted by Gasteiger charge is -2.07. The van der Waals surface area contributed by atoms with Gasteiger partial charge in [0, 0.05) is 10.6 Å². The molecule has 0 bridgehead atoms. The molecule has 0 fully saturated rings. The highest BCUT2D eigenvalue weighted by Gasteiger charge is 2.15. The number of hydrogen-bond donors (Lipinski definition) is 1. The molecule has 3 aromatic rings. The number of halogens is 3. The predicted octanol–water partition coefficient (Wildman–Crippen LogP) is 2.84. The Kier molecular flexibility index (Phi) is 3.26. The van der Waals surface area contributed by atoms with E-state index in [0.717, 1.165) is 6.07 Å². The summed E-state index contributed by atoms with van der Waals surface area (Å²) in [6.07, 6.45) is 0. The zero-order valence-electron chi connectivity index (χ0n) is 10.5. The zero-order valence-corrected chi connectivity index (χ0v) is 11.2. The SMILES string of the molecule is Nc1cc(-c2nnnn2-c2ccc(Cl)cc2F)ccc1F. The van der Waals surface area contributed by atoms with E-state index in [1.54, 1.807) is 0 Å². The van der Waals surface area contributed by atoms with Crippen molar-refractivity contribution in [1.29, 1.82) is 0 Å². The van der Waals surface area contributed by atoms with Gasteiger partial charge >= 0.3 is 0 Å². The van der Waals surface area contributed by atoms with Gasteiger partial charge in [0.05, 0.1) is 5.69 Å². The van der Waals surface area contributed by atoms with E-state index in [4.69, 9.17) is 17.3 Å². The topological polar surface area (TPSA) is 69.6 Å². The van der Waals surface area contributed by atoms with Crippen molar-refractivity contribution in [2.45, 2.75) is 0 Å². The van der Waals surface area contributed by atoms with Crippen LogP contribution in [0.5, 0.6) is 0 Å². The van der Waals surface area contributed by atoms with Crippen molar-refractivity contribution in [2.75, 3.05) is 5.73 Å². The Balaban J connectivity index is 2.14. The molecule has 2 aromatic carbocycles. The third-order valence-electron chi connectivity index (χ3n) is 2.86. The maximum Gasteiger partial charge on any atom is 0.187 e. The van der Waals surface area contributed by atoms with E-state index in [-0.39, 0.29) is 22.2 Å². The predicted molar refractivity (Wildman–Crippen MR) is 73.9 cm³/mol. The first-order valence-corrected chi connectivity index (χ1v) is 6.23. The molecule has 0 aliphatic carbocycles. The second kappa shape index (κ2) is 5.10. The van der Waals surface area contributed by atoms with E-state index in [1.807, 2.05) is 0 Å². The third-order valence-corrected chi connectivity index (χ3v) is 3.10. The lowest BCUT2D eigenvalue weighted by atomic mass is 10.2. The van der Waals surface area contributed by atoms with Gasteiger partial charge in [0.25, 0.3) is 0 Å². The minimum absolute atomic E-state index is 0.0429. The molecule has 0 aliphatic rings. The molecule has 0 atom stereocenters. The Morgan fingerprint density at radius 1 is 1.05 bits per heavy atom. The van der Waals surface area contributed by atoms with Crippen molar-refractivity contribution < 1.29 is 8.78 Å². The fourth-order valence-corrected chi connectivity index (χ4v) is 2.02. The molecule has 21 heavy (non-hydrogen) atoms. The van der Waals surface area contributed by atoms with E-state index in [2.05, 4.69) is 15.5 Å². The average Bonchev–Trinajstić information content (AvgIpc) is 2.91. The lowest BCUT2D eigenvalue weighted by Crippen LogP contribution is -2.03. The number of rotatable bonds is 2. The van der Waals surface area contributed by atoms with Crippen LogP contribution in [0.1, 0.15) is 0 Å². The average molecular weight is 308 g/mol. The molecular weight excluding hydrogens is 300 g/mol. The summed E-state index contributed by atoms with van der Waals surface area (Å²) >= 11 is 5.71. The van der Waals surface area contributed by atoms with Crippen LogP contribution in [0.4, 0.5) is 14.5 Å². The summed E-state index contributed by atoms with van der Waals surface area (Å²) in [5.41, 5.74) is 6.07. The highest BCUT2D eigenvalue weighted by Crippen LogP contribution is 2.25. The number of anilines is 1. The molecule has 106 valence electrons. The van der Waals surface area contributed by atoms with E-state index in [1.165, 1.54) is 35.0 Å². The molecule has 0 unspecified atom stereocenters. The maximum atomic E-state index is 14.0. The number of nitrogens with zero attached hydrogens (tertiary/aromatic N) is 4. The highest BCUT2D eigenvalue weighted by molar-refractivity contribution is 6.30. The van der Waals surface area contributed by atoms with Gasteiger partial charge in [0.15, 0.2) is 5.82 Å². The van der Waals surface area contributed by atoms with Gasteiger partial charge in [-0.15, -0.1) is 5.10 Å². The lowest BCUT2D eigenvalue weighted by molar-refractivity contribution is 0.608. The molecule has 5 nitrogen and oxygen atoms in total. The number of nitrogen functional groups attached to an aromatic ring is 1. The number of tetrazole rings is 1. The van der Waals surface area contributed by atoms with Gasteiger partial charge in [0.1, 0.15) is 17.3 Å². The van der Waals surface area contributed by atoms with Crippen LogP contribution in [0.2, 0.25) is 5.02 Å². The first-order chi connectivity index (χ1) is 10.1. The Hall–Kier alpha value is -2.54. The van der Waals surface area contributed by atoms with E-state index in [9.17, 15) is 8.78 Å². The number of hydrogen-bond acceptors (Lipinski definition) is 4. The van der Waals surface area contributed by atoms with Gasteiger partial charge in [-0.3, -0.25) is 0 Å². The van der Waals surface area contributed by atoms with Crippen molar-refractivity contribution in [1.82, 2.24) is 20.2 Å². The van der Waals surface area contributed by atoms with Crippen LogP contribution in [-0.2, 0) is 0 Å². The molecular formula is C13H8ClF2N5. The normalized spacial score (nSPS) is 10.8. The van der Waals surface area contributed by atoms with Crippen LogP contribution in [0.3, 0.4) is 0 Å². The van der Waals surface area contributed by atoms with Crippen molar-refractivity contribution >= 4 is 17.3 Å². The summed E-state index contributed by atoms with van der Waals surface area (Å²) in [6.45, 7) is 0. The van der Waals surface area contributed by atoms with Crippen molar-refractivity contribution in [3.8, 4) is 17.1 Å². The Labute approximate surface area is 123 Å². The minimum atomic E-state index is -0.578. The smallest absolute Gasteiger partial charge is 0.187 e. The fraction of sp³-hybridized carbons (Fsp3) is 0.